The van der Waals surface area contributed by atoms with Gasteiger partial charge in [-0.3, -0.25) is 4.68 Å². The Kier molecular flexibility index (Phi) is 11.5. The number of rotatable bonds is 13. The minimum absolute atomic E-state index is 0. The van der Waals surface area contributed by atoms with Gasteiger partial charge in [0.05, 0.1) is 24.4 Å². The number of aromatic nitrogens is 3. The summed E-state index contributed by atoms with van der Waals surface area (Å²) in [7, 11) is 3.94. The van der Waals surface area contributed by atoms with Gasteiger partial charge in [0, 0.05) is 47.9 Å². The third kappa shape index (κ3) is 6.53. The van der Waals surface area contributed by atoms with Crippen molar-refractivity contribution in [3.05, 3.63) is 82.8 Å². The van der Waals surface area contributed by atoms with Crippen LogP contribution in [0.15, 0.2) is 54.6 Å². The van der Waals surface area contributed by atoms with Gasteiger partial charge in [-0.1, -0.05) is 64.5 Å². The van der Waals surface area contributed by atoms with Crippen LogP contribution in [-0.4, -0.2) is 47.1 Å². The second-order valence-electron chi connectivity index (χ2n) is 10.9. The van der Waals surface area contributed by atoms with E-state index in [0.717, 1.165) is 80.5 Å². The minimum atomic E-state index is -0.277. The summed E-state index contributed by atoms with van der Waals surface area (Å²) in [5, 5.41) is 12.1. The monoisotopic (exact) mass is 682 g/mol. The summed E-state index contributed by atoms with van der Waals surface area (Å²) in [5.74, 6) is 0.603. The van der Waals surface area contributed by atoms with Crippen molar-refractivity contribution in [3.63, 3.8) is 0 Å². The molecule has 236 valence electrons. The molecule has 1 N–H and O–H groups in total. The number of halogens is 2. The summed E-state index contributed by atoms with van der Waals surface area (Å²) < 4.78 is 16.1. The molecule has 0 spiro atoms. The van der Waals surface area contributed by atoms with Crippen molar-refractivity contribution >= 4 is 56.0 Å². The molecule has 0 fully saturated rings. The number of carbonyl (C=O) groups is 1. The van der Waals surface area contributed by atoms with Crippen LogP contribution in [0.4, 0.5) is 0 Å². The molecule has 0 bridgehead atoms. The number of esters is 1. The maximum Gasteiger partial charge on any atom is 0.355 e. The first-order valence-corrected chi connectivity index (χ1v) is 16.2. The largest absolute Gasteiger partial charge is 0.493 e. The van der Waals surface area contributed by atoms with Gasteiger partial charge in [0.2, 0.25) is 0 Å². The Bertz CT molecular complexity index is 1760. The van der Waals surface area contributed by atoms with Crippen LogP contribution in [-0.2, 0) is 30.1 Å². The molecule has 7 nitrogen and oxygen atoms in total. The van der Waals surface area contributed by atoms with Crippen LogP contribution in [0.1, 0.15) is 54.2 Å². The predicted molar refractivity (Wildman–Crippen MR) is 188 cm³/mol. The molecule has 0 saturated heterocycles. The molecule has 0 atom stereocenters. The number of nitrogens with one attached hydrogen (secondary N) is 1. The molecule has 5 rings (SSSR count). The van der Waals surface area contributed by atoms with Crippen LogP contribution in [0.3, 0.4) is 0 Å². The van der Waals surface area contributed by atoms with E-state index in [1.54, 1.807) is 0 Å². The number of ether oxygens (including phenoxy) is 2. The predicted octanol–water partition coefficient (Wildman–Crippen LogP) is 8.17. The average Bonchev–Trinajstić information content (AvgIpc) is 3.48. The van der Waals surface area contributed by atoms with Gasteiger partial charge < -0.3 is 19.4 Å². The molecular formula is C35H44BrClN4O3. The average molecular weight is 684 g/mol. The quantitative estimate of drug-likeness (QED) is 0.0771. The van der Waals surface area contributed by atoms with E-state index >= 15 is 0 Å². The Hall–Kier alpha value is -3.33. The Morgan fingerprint density at radius 2 is 1.80 bits per heavy atom. The fourth-order valence-electron chi connectivity index (χ4n) is 6.11. The summed E-state index contributed by atoms with van der Waals surface area (Å²) in [6, 6.07) is 18.8. The molecule has 0 aliphatic rings. The number of aryl methyl sites for hydroxylation is 4. The highest BCUT2D eigenvalue weighted by Gasteiger charge is 2.28. The molecule has 9 heteroatoms. The number of nitrogens with zero attached hydrogens (tertiary/aromatic N) is 3. The number of alkyl halides is 1. The number of hydrogen-bond acceptors (Lipinski definition) is 5. The molecule has 0 amide bonds. The first-order chi connectivity index (χ1) is 20.9. The summed E-state index contributed by atoms with van der Waals surface area (Å²) >= 11 is 3.67. The molecule has 5 aromatic rings. The van der Waals surface area contributed by atoms with Gasteiger partial charge in [-0.25, -0.2) is 4.79 Å². The van der Waals surface area contributed by atoms with Gasteiger partial charge in [0.15, 0.2) is 0 Å². The fraction of sp³-hybridized carbons (Fsp3) is 0.371. The first kappa shape index (κ1) is 33.6. The second-order valence-corrected chi connectivity index (χ2v) is 11.5. The summed E-state index contributed by atoms with van der Waals surface area (Å²) in [6.45, 7) is 8.51. The van der Waals surface area contributed by atoms with Crippen LogP contribution in [0, 0.1) is 13.8 Å². The van der Waals surface area contributed by atoms with Crippen molar-refractivity contribution in [2.75, 3.05) is 26.8 Å². The van der Waals surface area contributed by atoms with Crippen LogP contribution in [0.5, 0.6) is 5.75 Å². The van der Waals surface area contributed by atoms with Crippen molar-refractivity contribution in [1.29, 1.82) is 0 Å². The van der Waals surface area contributed by atoms with E-state index in [-0.39, 0.29) is 19.8 Å². The lowest BCUT2D eigenvalue weighted by Crippen LogP contribution is -2.17. The van der Waals surface area contributed by atoms with E-state index in [4.69, 9.17) is 14.6 Å². The standard InChI is InChI=1S/C35H41BrN4O3.ClH.H2/c1-6-42-35(41)34-27(15-10-21-43-30-16-9-13-25-12-7-8-14-26(25)30)28-18-17-23(2)31(33(28)40(34)20-11-19-37-4)32-24(3)39(5)38-29(32)22-36;;/h7-9,12-14,16-18,37H,6,10-11,15,19-22H2,1-5H3;2*1H. The normalized spacial score (nSPS) is 11.2. The maximum atomic E-state index is 13.7. The smallest absolute Gasteiger partial charge is 0.355 e. The summed E-state index contributed by atoms with van der Waals surface area (Å²) in [6.07, 6.45) is 2.32. The molecule has 0 aliphatic heterocycles. The third-order valence-corrected chi connectivity index (χ3v) is 8.71. The lowest BCUT2D eigenvalue weighted by atomic mass is 9.94. The van der Waals surface area contributed by atoms with Gasteiger partial charge in [-0.05, 0) is 76.2 Å². The molecular weight excluding hydrogens is 640 g/mol. The Labute approximate surface area is 275 Å². The zero-order chi connectivity index (χ0) is 30.5. The topological polar surface area (TPSA) is 70.3 Å². The lowest BCUT2D eigenvalue weighted by Gasteiger charge is -2.15. The Morgan fingerprint density at radius 1 is 1.02 bits per heavy atom. The van der Waals surface area contributed by atoms with Gasteiger partial charge >= 0.3 is 5.97 Å². The van der Waals surface area contributed by atoms with Gasteiger partial charge in [-0.15, -0.1) is 12.4 Å². The molecule has 44 heavy (non-hydrogen) atoms. The Morgan fingerprint density at radius 3 is 2.55 bits per heavy atom. The molecule has 2 aromatic heterocycles. The van der Waals surface area contributed by atoms with E-state index in [0.29, 0.717) is 37.2 Å². The number of hydrogen-bond donors (Lipinski definition) is 1. The highest BCUT2D eigenvalue weighted by molar-refractivity contribution is 9.08. The highest BCUT2D eigenvalue weighted by Crippen LogP contribution is 2.41. The fourth-order valence-corrected chi connectivity index (χ4v) is 6.50. The zero-order valence-electron chi connectivity index (χ0n) is 26.2. The van der Waals surface area contributed by atoms with E-state index in [1.165, 1.54) is 0 Å². The van der Waals surface area contributed by atoms with Gasteiger partial charge in [-0.2, -0.15) is 5.10 Å². The van der Waals surface area contributed by atoms with Crippen LogP contribution < -0.4 is 10.1 Å². The maximum absolute atomic E-state index is 13.7. The van der Waals surface area contributed by atoms with E-state index < -0.39 is 0 Å². The van der Waals surface area contributed by atoms with Crippen molar-refractivity contribution in [2.24, 2.45) is 7.05 Å². The number of benzene rings is 3. The third-order valence-electron chi connectivity index (χ3n) is 8.18. The van der Waals surface area contributed by atoms with Crippen LogP contribution in [0.2, 0.25) is 0 Å². The van der Waals surface area contributed by atoms with Crippen molar-refractivity contribution in [1.82, 2.24) is 19.7 Å². The zero-order valence-corrected chi connectivity index (χ0v) is 28.6. The Balaban J connectivity index is 0.00000276. The molecule has 0 saturated carbocycles. The summed E-state index contributed by atoms with van der Waals surface area (Å²) in [4.78, 5) is 13.7. The number of fused-ring (bicyclic) bond motifs is 2. The van der Waals surface area contributed by atoms with Crippen molar-refractivity contribution in [3.8, 4) is 16.9 Å². The van der Waals surface area contributed by atoms with Crippen molar-refractivity contribution in [2.45, 2.75) is 51.9 Å². The first-order valence-electron chi connectivity index (χ1n) is 15.1. The van der Waals surface area contributed by atoms with Crippen LogP contribution in [0.25, 0.3) is 32.8 Å². The van der Waals surface area contributed by atoms with E-state index in [2.05, 4.69) is 70.0 Å². The molecule has 2 heterocycles. The van der Waals surface area contributed by atoms with Gasteiger partial charge in [0.1, 0.15) is 11.4 Å². The lowest BCUT2D eigenvalue weighted by molar-refractivity contribution is 0.0512. The molecule has 0 unspecified atom stereocenters. The number of carbonyl (C=O) groups excluding carboxylic acids is 1. The molecule has 0 radical (unpaired) electrons. The SMILES string of the molecule is CCOC(=O)c1c(CCCOc2cccc3ccccc23)c2ccc(C)c(-c3c(CBr)nn(C)c3C)c2n1CCCNC.Cl.[HH]. The van der Waals surface area contributed by atoms with E-state index in [1.807, 2.05) is 50.0 Å². The van der Waals surface area contributed by atoms with Crippen LogP contribution >= 0.6 is 28.3 Å². The molecule has 0 aliphatic carbocycles. The van der Waals surface area contributed by atoms with Gasteiger partial charge in [0.25, 0.3) is 0 Å². The van der Waals surface area contributed by atoms with Crippen molar-refractivity contribution < 1.29 is 15.7 Å². The summed E-state index contributed by atoms with van der Waals surface area (Å²) in [5.41, 5.74) is 8.22. The molecule has 3 aromatic carbocycles. The highest BCUT2D eigenvalue weighted by atomic mass is 79.9. The minimum Gasteiger partial charge on any atom is -0.493 e. The van der Waals surface area contributed by atoms with E-state index in [9.17, 15) is 4.79 Å². The second kappa shape index (κ2) is 15.1.